The summed E-state index contributed by atoms with van der Waals surface area (Å²) in [6.07, 6.45) is -0.0487. The van der Waals surface area contributed by atoms with Crippen LogP contribution < -0.4 is 15.4 Å². The summed E-state index contributed by atoms with van der Waals surface area (Å²) in [5.74, 6) is 0.681. The molecule has 1 aliphatic heterocycles. The number of carbonyl (C=O) groups excluding carboxylic acids is 1. The molecule has 26 heavy (non-hydrogen) atoms. The highest BCUT2D eigenvalue weighted by molar-refractivity contribution is 5.94. The molecule has 2 atom stereocenters. The Morgan fingerprint density at radius 3 is 2.62 bits per heavy atom. The van der Waals surface area contributed by atoms with Crippen LogP contribution in [-0.4, -0.2) is 50.1 Å². The molecule has 0 spiro atoms. The lowest BCUT2D eigenvalue weighted by molar-refractivity contribution is 0.0963. The second kappa shape index (κ2) is 8.83. The predicted octanol–water partition coefficient (Wildman–Crippen LogP) is 2.46. The maximum Gasteiger partial charge on any atom is 0.251 e. The van der Waals surface area contributed by atoms with Crippen molar-refractivity contribution in [1.29, 1.82) is 0 Å². The average molecular weight is 353 g/mol. The number of benzene rings is 2. The Morgan fingerprint density at radius 2 is 1.96 bits per heavy atom. The molecule has 0 aromatic heterocycles. The van der Waals surface area contributed by atoms with Gasteiger partial charge in [0.05, 0.1) is 0 Å². The Bertz CT molecular complexity index is 703. The van der Waals surface area contributed by atoms with Gasteiger partial charge in [-0.2, -0.15) is 0 Å². The molecule has 1 fully saturated rings. The van der Waals surface area contributed by atoms with Gasteiger partial charge in [0.25, 0.3) is 5.91 Å². The lowest BCUT2D eigenvalue weighted by Gasteiger charge is -2.34. The fourth-order valence-corrected chi connectivity index (χ4v) is 3.28. The standard InChI is InChI=1S/C21H27N3O2/c1-16-14-24(13-12-23-16)15-20(17-6-4-3-5-7-17)26-19-10-8-18(9-11-19)21(25)22-2/h3-11,16,20,23H,12-15H2,1-2H3,(H,22,25)/t16-,20?/m1/s1. The third kappa shape index (κ3) is 4.84. The lowest BCUT2D eigenvalue weighted by atomic mass is 10.1. The summed E-state index contributed by atoms with van der Waals surface area (Å²) in [5, 5.41) is 6.11. The van der Waals surface area contributed by atoms with Crippen molar-refractivity contribution in [3.8, 4) is 5.75 Å². The van der Waals surface area contributed by atoms with Gasteiger partial charge in [-0.25, -0.2) is 0 Å². The van der Waals surface area contributed by atoms with Gasteiger partial charge in [-0.05, 0) is 36.8 Å². The Labute approximate surface area is 155 Å². The normalized spacial score (nSPS) is 18.9. The lowest BCUT2D eigenvalue weighted by Crippen LogP contribution is -2.50. The molecule has 2 N–H and O–H groups in total. The Morgan fingerprint density at radius 1 is 1.23 bits per heavy atom. The van der Waals surface area contributed by atoms with Crippen LogP contribution in [0.25, 0.3) is 0 Å². The van der Waals surface area contributed by atoms with Crippen molar-refractivity contribution in [3.05, 3.63) is 65.7 Å². The first-order chi connectivity index (χ1) is 12.7. The molecule has 0 bridgehead atoms. The van der Waals surface area contributed by atoms with E-state index in [-0.39, 0.29) is 12.0 Å². The molecule has 2 aromatic carbocycles. The largest absolute Gasteiger partial charge is 0.484 e. The van der Waals surface area contributed by atoms with Gasteiger partial charge in [0.1, 0.15) is 11.9 Å². The van der Waals surface area contributed by atoms with Crippen molar-refractivity contribution in [1.82, 2.24) is 15.5 Å². The van der Waals surface area contributed by atoms with Crippen molar-refractivity contribution >= 4 is 5.91 Å². The van der Waals surface area contributed by atoms with Crippen LogP contribution >= 0.6 is 0 Å². The third-order valence-corrected chi connectivity index (χ3v) is 4.67. The maximum absolute atomic E-state index is 11.7. The SMILES string of the molecule is CNC(=O)c1ccc(OC(CN2CCN[C@H](C)C2)c2ccccc2)cc1. The molecule has 1 aliphatic rings. The van der Waals surface area contributed by atoms with E-state index in [1.807, 2.05) is 30.3 Å². The van der Waals surface area contributed by atoms with Crippen molar-refractivity contribution in [3.63, 3.8) is 0 Å². The molecule has 1 heterocycles. The van der Waals surface area contributed by atoms with Crippen LogP contribution in [-0.2, 0) is 0 Å². The van der Waals surface area contributed by atoms with Gasteiger partial charge in [-0.15, -0.1) is 0 Å². The quantitative estimate of drug-likeness (QED) is 0.838. The van der Waals surface area contributed by atoms with E-state index in [1.54, 1.807) is 19.2 Å². The summed E-state index contributed by atoms with van der Waals surface area (Å²) in [4.78, 5) is 14.1. The second-order valence-electron chi connectivity index (χ2n) is 6.74. The fourth-order valence-electron chi connectivity index (χ4n) is 3.28. The molecule has 1 saturated heterocycles. The van der Waals surface area contributed by atoms with Gasteiger partial charge in [-0.3, -0.25) is 9.69 Å². The minimum absolute atomic E-state index is 0.0487. The van der Waals surface area contributed by atoms with Crippen molar-refractivity contribution in [2.45, 2.75) is 19.1 Å². The Balaban J connectivity index is 1.74. The first-order valence-electron chi connectivity index (χ1n) is 9.15. The van der Waals surface area contributed by atoms with Crippen LogP contribution in [0.15, 0.2) is 54.6 Å². The molecule has 0 aliphatic carbocycles. The average Bonchev–Trinajstić information content (AvgIpc) is 2.68. The van der Waals surface area contributed by atoms with Gasteiger partial charge in [0, 0.05) is 44.8 Å². The van der Waals surface area contributed by atoms with E-state index in [0.717, 1.165) is 37.5 Å². The maximum atomic E-state index is 11.7. The molecule has 0 radical (unpaired) electrons. The number of hydrogen-bond donors (Lipinski definition) is 2. The summed E-state index contributed by atoms with van der Waals surface area (Å²) in [6, 6.07) is 18.1. The molecule has 5 heteroatoms. The molecule has 138 valence electrons. The zero-order chi connectivity index (χ0) is 18.4. The van der Waals surface area contributed by atoms with E-state index in [2.05, 4.69) is 34.6 Å². The summed E-state index contributed by atoms with van der Waals surface area (Å²) in [7, 11) is 1.63. The summed E-state index contributed by atoms with van der Waals surface area (Å²) in [5.41, 5.74) is 1.79. The number of rotatable bonds is 6. The highest BCUT2D eigenvalue weighted by atomic mass is 16.5. The highest BCUT2D eigenvalue weighted by Crippen LogP contribution is 2.24. The number of hydrogen-bond acceptors (Lipinski definition) is 4. The van der Waals surface area contributed by atoms with Crippen molar-refractivity contribution in [2.75, 3.05) is 33.2 Å². The summed E-state index contributed by atoms with van der Waals surface area (Å²) >= 11 is 0. The highest BCUT2D eigenvalue weighted by Gasteiger charge is 2.22. The summed E-state index contributed by atoms with van der Waals surface area (Å²) in [6.45, 7) is 6.09. The van der Waals surface area contributed by atoms with Gasteiger partial charge in [0.2, 0.25) is 0 Å². The van der Waals surface area contributed by atoms with Crippen LogP contribution in [0.3, 0.4) is 0 Å². The topological polar surface area (TPSA) is 53.6 Å². The summed E-state index contributed by atoms with van der Waals surface area (Å²) < 4.78 is 6.31. The first kappa shape index (κ1) is 18.4. The molecule has 1 amide bonds. The van der Waals surface area contributed by atoms with Crippen LogP contribution in [0.5, 0.6) is 5.75 Å². The van der Waals surface area contributed by atoms with Gasteiger partial charge in [-0.1, -0.05) is 30.3 Å². The molecule has 5 nitrogen and oxygen atoms in total. The number of nitrogens with one attached hydrogen (secondary N) is 2. The monoisotopic (exact) mass is 353 g/mol. The number of carbonyl (C=O) groups is 1. The van der Waals surface area contributed by atoms with E-state index in [9.17, 15) is 4.79 Å². The molecule has 1 unspecified atom stereocenters. The zero-order valence-corrected chi connectivity index (χ0v) is 15.4. The minimum Gasteiger partial charge on any atom is -0.484 e. The number of amides is 1. The van der Waals surface area contributed by atoms with Gasteiger partial charge < -0.3 is 15.4 Å². The Hall–Kier alpha value is -2.37. The van der Waals surface area contributed by atoms with E-state index >= 15 is 0 Å². The van der Waals surface area contributed by atoms with Crippen LogP contribution in [0.2, 0.25) is 0 Å². The number of piperazine rings is 1. The zero-order valence-electron chi connectivity index (χ0n) is 15.4. The Kier molecular flexibility index (Phi) is 6.26. The van der Waals surface area contributed by atoms with Gasteiger partial charge >= 0.3 is 0 Å². The van der Waals surface area contributed by atoms with Crippen LogP contribution in [0.4, 0.5) is 0 Å². The van der Waals surface area contributed by atoms with E-state index in [4.69, 9.17) is 4.74 Å². The predicted molar refractivity (Wildman–Crippen MR) is 104 cm³/mol. The van der Waals surface area contributed by atoms with E-state index < -0.39 is 0 Å². The van der Waals surface area contributed by atoms with Crippen LogP contribution in [0.1, 0.15) is 28.9 Å². The van der Waals surface area contributed by atoms with Gasteiger partial charge in [0.15, 0.2) is 0 Å². The van der Waals surface area contributed by atoms with Crippen LogP contribution in [0, 0.1) is 0 Å². The molecule has 3 rings (SSSR count). The van der Waals surface area contributed by atoms with E-state index in [1.165, 1.54) is 0 Å². The fraction of sp³-hybridized carbons (Fsp3) is 0.381. The smallest absolute Gasteiger partial charge is 0.251 e. The third-order valence-electron chi connectivity index (χ3n) is 4.67. The molecular weight excluding hydrogens is 326 g/mol. The van der Waals surface area contributed by atoms with E-state index in [0.29, 0.717) is 11.6 Å². The first-order valence-corrected chi connectivity index (χ1v) is 9.15. The van der Waals surface area contributed by atoms with Crippen molar-refractivity contribution < 1.29 is 9.53 Å². The minimum atomic E-state index is -0.0917. The van der Waals surface area contributed by atoms with Crippen molar-refractivity contribution in [2.24, 2.45) is 0 Å². The number of nitrogens with zero attached hydrogens (tertiary/aromatic N) is 1. The molecule has 2 aromatic rings. The molecular formula is C21H27N3O2. The molecule has 0 saturated carbocycles. The number of ether oxygens (including phenoxy) is 1. The second-order valence-corrected chi connectivity index (χ2v) is 6.74.